The van der Waals surface area contributed by atoms with Crippen molar-refractivity contribution in [3.63, 3.8) is 0 Å². The van der Waals surface area contributed by atoms with Crippen LogP contribution in [0.5, 0.6) is 0 Å². The van der Waals surface area contributed by atoms with Crippen LogP contribution in [0, 0.1) is 0 Å². The van der Waals surface area contributed by atoms with Crippen molar-refractivity contribution in [2.75, 3.05) is 6.54 Å². The van der Waals surface area contributed by atoms with Crippen molar-refractivity contribution in [2.24, 2.45) is 0 Å². The van der Waals surface area contributed by atoms with Gasteiger partial charge in [0.2, 0.25) is 5.91 Å². The van der Waals surface area contributed by atoms with Gasteiger partial charge in [-0.05, 0) is 48.2 Å². The van der Waals surface area contributed by atoms with Gasteiger partial charge in [-0.25, -0.2) is 9.67 Å². The summed E-state index contributed by atoms with van der Waals surface area (Å²) in [6.07, 6.45) is 6.73. The van der Waals surface area contributed by atoms with Gasteiger partial charge in [0.25, 0.3) is 5.56 Å². The maximum atomic E-state index is 13.3. The first-order chi connectivity index (χ1) is 17.0. The molecule has 0 atom stereocenters. The molecule has 0 bridgehead atoms. The Kier molecular flexibility index (Phi) is 6.62. The van der Waals surface area contributed by atoms with E-state index in [1.165, 1.54) is 17.1 Å². The lowest BCUT2D eigenvalue weighted by atomic mass is 9.78. The molecule has 0 radical (unpaired) electrons. The summed E-state index contributed by atoms with van der Waals surface area (Å²) >= 11 is 12.1. The minimum atomic E-state index is -0.525. The fraction of sp³-hybridized carbons (Fsp3) is 0.308. The van der Waals surface area contributed by atoms with E-state index in [2.05, 4.69) is 15.4 Å². The molecule has 1 amide bonds. The number of rotatable bonds is 7. The highest BCUT2D eigenvalue weighted by atomic mass is 35.5. The third-order valence-corrected chi connectivity index (χ3v) is 7.25. The molecule has 1 aliphatic rings. The summed E-state index contributed by atoms with van der Waals surface area (Å²) in [5.41, 5.74) is 1.72. The predicted octanol–water partition coefficient (Wildman–Crippen LogP) is 4.58. The Hall–Kier alpha value is -3.16. The average molecular weight is 510 g/mol. The Morgan fingerprint density at radius 2 is 1.83 bits per heavy atom. The molecule has 2 aromatic heterocycles. The molecule has 0 spiro atoms. The van der Waals surface area contributed by atoms with Crippen LogP contribution < -0.4 is 10.9 Å². The minimum absolute atomic E-state index is 0.0191. The largest absolute Gasteiger partial charge is 0.353 e. The molecule has 1 aliphatic carbocycles. The summed E-state index contributed by atoms with van der Waals surface area (Å²) in [4.78, 5) is 30.7. The van der Waals surface area contributed by atoms with Crippen LogP contribution in [0.2, 0.25) is 10.0 Å². The Balaban J connectivity index is 1.29. The van der Waals surface area contributed by atoms with Gasteiger partial charge in [-0.15, -0.1) is 0 Å². The number of carbonyl (C=O) groups excluding carboxylic acids is 1. The van der Waals surface area contributed by atoms with E-state index < -0.39 is 5.41 Å². The number of hydrogen-bond donors (Lipinski definition) is 1. The van der Waals surface area contributed by atoms with Crippen LogP contribution in [0.25, 0.3) is 11.0 Å². The van der Waals surface area contributed by atoms with Crippen LogP contribution >= 0.6 is 23.2 Å². The van der Waals surface area contributed by atoms with E-state index in [9.17, 15) is 9.59 Å². The highest BCUT2D eigenvalue weighted by Gasteiger charge is 2.42. The van der Waals surface area contributed by atoms with Crippen molar-refractivity contribution in [3.8, 4) is 0 Å². The van der Waals surface area contributed by atoms with Gasteiger partial charge in [0.15, 0.2) is 5.65 Å². The van der Waals surface area contributed by atoms with Gasteiger partial charge in [-0.1, -0.05) is 60.3 Å². The summed E-state index contributed by atoms with van der Waals surface area (Å²) in [6, 6.07) is 15.0. The normalized spacial score (nSPS) is 14.9. The van der Waals surface area contributed by atoms with E-state index >= 15 is 0 Å². The Bertz CT molecular complexity index is 1420. The zero-order valence-electron chi connectivity index (χ0n) is 19.1. The van der Waals surface area contributed by atoms with Crippen LogP contribution in [-0.2, 0) is 23.3 Å². The zero-order valence-corrected chi connectivity index (χ0v) is 20.6. The van der Waals surface area contributed by atoms with Crippen LogP contribution in [0.4, 0.5) is 0 Å². The van der Waals surface area contributed by atoms with E-state index in [0.717, 1.165) is 36.8 Å². The van der Waals surface area contributed by atoms with Crippen LogP contribution in [0.15, 0.2) is 65.8 Å². The number of benzene rings is 2. The van der Waals surface area contributed by atoms with Crippen molar-refractivity contribution in [3.05, 3.63) is 92.6 Å². The molecule has 0 aliphatic heterocycles. The Morgan fingerprint density at radius 3 is 2.57 bits per heavy atom. The van der Waals surface area contributed by atoms with Crippen LogP contribution in [-0.4, -0.2) is 31.8 Å². The lowest BCUT2D eigenvalue weighted by Gasteiger charge is -2.28. The number of nitrogens with zero attached hydrogens (tertiary/aromatic N) is 4. The molecule has 0 saturated heterocycles. The van der Waals surface area contributed by atoms with E-state index in [0.29, 0.717) is 40.7 Å². The third-order valence-electron chi connectivity index (χ3n) is 6.76. The maximum Gasteiger partial charge on any atom is 0.264 e. The summed E-state index contributed by atoms with van der Waals surface area (Å²) < 4.78 is 3.20. The average Bonchev–Trinajstić information content (AvgIpc) is 3.50. The number of hydrogen-bond acceptors (Lipinski definition) is 4. The SMILES string of the molecule is O=C(NCCn1ncc2c(=O)n(Cc3cccc(Cl)c3)cnc21)C1(c2ccc(Cl)cc2)CCCC1. The first-order valence-corrected chi connectivity index (χ1v) is 12.4. The van der Waals surface area contributed by atoms with Crippen molar-refractivity contribution in [1.82, 2.24) is 24.6 Å². The lowest BCUT2D eigenvalue weighted by molar-refractivity contribution is -0.126. The number of fused-ring (bicyclic) bond motifs is 1. The predicted molar refractivity (Wildman–Crippen MR) is 137 cm³/mol. The third kappa shape index (κ3) is 4.70. The number of carbonyl (C=O) groups is 1. The zero-order chi connectivity index (χ0) is 24.4. The molecule has 2 heterocycles. The monoisotopic (exact) mass is 509 g/mol. The molecule has 7 nitrogen and oxygen atoms in total. The summed E-state index contributed by atoms with van der Waals surface area (Å²) in [7, 11) is 0. The molecule has 1 fully saturated rings. The number of amides is 1. The molecule has 0 unspecified atom stereocenters. The molecule has 4 aromatic rings. The summed E-state index contributed by atoms with van der Waals surface area (Å²) in [5.74, 6) is 0.0191. The van der Waals surface area contributed by atoms with Gasteiger partial charge in [0, 0.05) is 16.6 Å². The maximum absolute atomic E-state index is 13.3. The molecule has 9 heteroatoms. The number of aromatic nitrogens is 4. The van der Waals surface area contributed by atoms with E-state index in [1.807, 2.05) is 42.5 Å². The van der Waals surface area contributed by atoms with E-state index in [1.54, 1.807) is 10.7 Å². The second-order valence-electron chi connectivity index (χ2n) is 8.96. The quantitative estimate of drug-likeness (QED) is 0.395. The fourth-order valence-electron chi connectivity index (χ4n) is 4.94. The fourth-order valence-corrected chi connectivity index (χ4v) is 5.28. The Morgan fingerprint density at radius 1 is 1.06 bits per heavy atom. The van der Waals surface area contributed by atoms with Crippen LogP contribution in [0.3, 0.4) is 0 Å². The van der Waals surface area contributed by atoms with Gasteiger partial charge in [-0.2, -0.15) is 5.10 Å². The van der Waals surface area contributed by atoms with Crippen molar-refractivity contribution < 1.29 is 4.79 Å². The van der Waals surface area contributed by atoms with E-state index in [4.69, 9.17) is 23.2 Å². The van der Waals surface area contributed by atoms with Gasteiger partial charge >= 0.3 is 0 Å². The minimum Gasteiger partial charge on any atom is -0.353 e. The Labute approximate surface area is 212 Å². The molecule has 2 aromatic carbocycles. The second kappa shape index (κ2) is 9.84. The number of halogens is 2. The summed E-state index contributed by atoms with van der Waals surface area (Å²) in [6.45, 7) is 1.17. The topological polar surface area (TPSA) is 81.8 Å². The van der Waals surface area contributed by atoms with Crippen molar-refractivity contribution >= 4 is 40.1 Å². The molecule has 5 rings (SSSR count). The first-order valence-electron chi connectivity index (χ1n) is 11.7. The van der Waals surface area contributed by atoms with Gasteiger partial charge in [-0.3, -0.25) is 14.2 Å². The van der Waals surface area contributed by atoms with Crippen molar-refractivity contribution in [2.45, 2.75) is 44.2 Å². The lowest BCUT2D eigenvalue weighted by Crippen LogP contribution is -2.43. The molecule has 1 saturated carbocycles. The van der Waals surface area contributed by atoms with Crippen molar-refractivity contribution in [1.29, 1.82) is 0 Å². The summed E-state index contributed by atoms with van der Waals surface area (Å²) in [5, 5.41) is 9.16. The first kappa shape index (κ1) is 23.6. The number of nitrogens with one attached hydrogen (secondary N) is 1. The molecule has 180 valence electrons. The van der Waals surface area contributed by atoms with Gasteiger partial charge in [0.1, 0.15) is 11.7 Å². The molecule has 35 heavy (non-hydrogen) atoms. The molecular formula is C26H25Cl2N5O2. The standard InChI is InChI=1S/C26H25Cl2N5O2/c27-20-8-6-19(7-9-20)26(10-1-2-11-26)25(35)29-12-13-33-23-22(15-31-33)24(34)32(17-30-23)16-18-4-3-5-21(28)14-18/h3-9,14-15,17H,1-2,10-13,16H2,(H,29,35). The second-order valence-corrected chi connectivity index (χ2v) is 9.84. The van der Waals surface area contributed by atoms with Gasteiger partial charge < -0.3 is 5.32 Å². The smallest absolute Gasteiger partial charge is 0.264 e. The van der Waals surface area contributed by atoms with Crippen LogP contribution in [0.1, 0.15) is 36.8 Å². The highest BCUT2D eigenvalue weighted by molar-refractivity contribution is 6.30. The van der Waals surface area contributed by atoms with E-state index in [-0.39, 0.29) is 11.5 Å². The molecular weight excluding hydrogens is 485 g/mol. The highest BCUT2D eigenvalue weighted by Crippen LogP contribution is 2.41. The molecule has 1 N–H and O–H groups in total. The van der Waals surface area contributed by atoms with Gasteiger partial charge in [0.05, 0.1) is 24.7 Å².